The number of aromatic nitrogens is 2. The van der Waals surface area contributed by atoms with E-state index >= 15 is 0 Å². The molecule has 1 aliphatic heterocycles. The van der Waals surface area contributed by atoms with Crippen molar-refractivity contribution in [2.75, 3.05) is 26.8 Å². The summed E-state index contributed by atoms with van der Waals surface area (Å²) in [5.41, 5.74) is 5.65. The molecule has 170 valence electrons. The van der Waals surface area contributed by atoms with Crippen molar-refractivity contribution in [3.8, 4) is 33.8 Å². The van der Waals surface area contributed by atoms with Gasteiger partial charge in [0.25, 0.3) is 0 Å². The summed E-state index contributed by atoms with van der Waals surface area (Å²) in [6, 6.07) is 15.9. The maximum absolute atomic E-state index is 10.7. The second kappa shape index (κ2) is 9.25. The number of hydrogen-bond acceptors (Lipinski definition) is 5. The van der Waals surface area contributed by atoms with Crippen molar-refractivity contribution >= 4 is 11.0 Å². The number of benzene rings is 2. The van der Waals surface area contributed by atoms with Crippen LogP contribution in [0, 0.1) is 5.92 Å². The summed E-state index contributed by atoms with van der Waals surface area (Å²) >= 11 is 0. The van der Waals surface area contributed by atoms with Gasteiger partial charge >= 0.3 is 0 Å². The summed E-state index contributed by atoms with van der Waals surface area (Å²) in [5.74, 6) is 1.53. The third kappa shape index (κ3) is 4.32. The minimum absolute atomic E-state index is 0.270. The predicted molar refractivity (Wildman–Crippen MR) is 130 cm³/mol. The van der Waals surface area contributed by atoms with Crippen molar-refractivity contribution in [3.05, 3.63) is 66.5 Å². The number of aromatic hydroxyl groups is 1. The zero-order valence-corrected chi connectivity index (χ0v) is 18.8. The van der Waals surface area contributed by atoms with E-state index in [1.807, 2.05) is 54.9 Å². The van der Waals surface area contributed by atoms with Crippen molar-refractivity contribution in [3.63, 3.8) is 0 Å². The average Bonchev–Trinajstić information content (AvgIpc) is 3.29. The third-order valence-corrected chi connectivity index (χ3v) is 6.71. The first kappa shape index (κ1) is 21.5. The van der Waals surface area contributed by atoms with Crippen LogP contribution in [-0.4, -0.2) is 51.9 Å². The number of nitrogens with one attached hydrogen (secondary N) is 1. The lowest BCUT2D eigenvalue weighted by Gasteiger charge is -2.31. The van der Waals surface area contributed by atoms with E-state index in [1.54, 1.807) is 7.11 Å². The smallest absolute Gasteiger partial charge is 0.137 e. The Morgan fingerprint density at radius 1 is 1.06 bits per heavy atom. The van der Waals surface area contributed by atoms with Gasteiger partial charge in [-0.3, -0.25) is 4.90 Å². The predicted octanol–water partition coefficient (Wildman–Crippen LogP) is 4.82. The van der Waals surface area contributed by atoms with Gasteiger partial charge in [-0.15, -0.1) is 0 Å². The van der Waals surface area contributed by atoms with Crippen LogP contribution < -0.4 is 4.74 Å². The van der Waals surface area contributed by atoms with Gasteiger partial charge in [0.05, 0.1) is 7.11 Å². The van der Waals surface area contributed by atoms with Crippen molar-refractivity contribution in [2.45, 2.75) is 19.4 Å². The molecule has 1 fully saturated rings. The summed E-state index contributed by atoms with van der Waals surface area (Å²) in [6.07, 6.45) is 5.80. The molecule has 6 nitrogen and oxygen atoms in total. The molecule has 6 heteroatoms. The zero-order chi connectivity index (χ0) is 22.8. The number of phenols is 1. The quantitative estimate of drug-likeness (QED) is 0.398. The fourth-order valence-electron chi connectivity index (χ4n) is 4.70. The van der Waals surface area contributed by atoms with Gasteiger partial charge in [-0.05, 0) is 55.6 Å². The molecule has 0 spiro atoms. The van der Waals surface area contributed by atoms with Crippen LogP contribution in [0.15, 0.2) is 60.9 Å². The number of phenolic OH excluding ortho intramolecular Hbond substituents is 1. The number of hydrogen-bond donors (Lipinski definition) is 3. The van der Waals surface area contributed by atoms with Gasteiger partial charge in [0, 0.05) is 53.2 Å². The molecule has 33 heavy (non-hydrogen) atoms. The Kier molecular flexibility index (Phi) is 6.03. The molecule has 0 atom stereocenters. The number of aliphatic hydroxyl groups is 1. The van der Waals surface area contributed by atoms with Crippen molar-refractivity contribution in [1.82, 2.24) is 14.9 Å². The monoisotopic (exact) mass is 443 g/mol. The van der Waals surface area contributed by atoms with Crippen LogP contribution in [0.3, 0.4) is 0 Å². The van der Waals surface area contributed by atoms with Gasteiger partial charge in [0.15, 0.2) is 0 Å². The maximum atomic E-state index is 10.7. The number of para-hydroxylation sites is 1. The van der Waals surface area contributed by atoms with Crippen molar-refractivity contribution in [2.24, 2.45) is 5.92 Å². The SMILES string of the molecule is COc1ccccc1-c1c[nH]c2ncc(-c3ccc(CN4CCC(CO)CC4)c(O)c3)cc12. The number of aliphatic hydroxyl groups excluding tert-OH is 1. The van der Waals surface area contributed by atoms with Crippen molar-refractivity contribution < 1.29 is 14.9 Å². The molecule has 3 heterocycles. The van der Waals surface area contributed by atoms with Crippen LogP contribution in [0.25, 0.3) is 33.3 Å². The van der Waals surface area contributed by atoms with E-state index < -0.39 is 0 Å². The van der Waals surface area contributed by atoms with E-state index in [4.69, 9.17) is 4.74 Å². The summed E-state index contributed by atoms with van der Waals surface area (Å²) in [5, 5.41) is 21.1. The molecule has 2 aromatic heterocycles. The van der Waals surface area contributed by atoms with Crippen LogP contribution in [0.4, 0.5) is 0 Å². The number of ether oxygens (including phenoxy) is 1. The van der Waals surface area contributed by atoms with Crippen LogP contribution in [0.5, 0.6) is 11.5 Å². The van der Waals surface area contributed by atoms with Crippen LogP contribution in [0.1, 0.15) is 18.4 Å². The molecule has 4 aromatic rings. The molecule has 0 amide bonds. The van der Waals surface area contributed by atoms with Gasteiger partial charge in [-0.25, -0.2) is 4.98 Å². The number of nitrogens with zero attached hydrogens (tertiary/aromatic N) is 2. The molecular formula is C27H29N3O3. The van der Waals surface area contributed by atoms with Crippen LogP contribution >= 0.6 is 0 Å². The van der Waals surface area contributed by atoms with E-state index in [9.17, 15) is 10.2 Å². The van der Waals surface area contributed by atoms with E-state index in [2.05, 4.69) is 20.9 Å². The Labute approximate surface area is 193 Å². The van der Waals surface area contributed by atoms with E-state index in [-0.39, 0.29) is 6.61 Å². The molecule has 2 aromatic carbocycles. The second-order valence-corrected chi connectivity index (χ2v) is 8.77. The van der Waals surface area contributed by atoms with E-state index in [1.165, 1.54) is 0 Å². The normalized spacial score (nSPS) is 15.2. The molecule has 5 rings (SSSR count). The molecular weight excluding hydrogens is 414 g/mol. The Morgan fingerprint density at radius 3 is 2.64 bits per heavy atom. The lowest BCUT2D eigenvalue weighted by atomic mass is 9.97. The Hall–Kier alpha value is -3.35. The van der Waals surface area contributed by atoms with Crippen LogP contribution in [-0.2, 0) is 6.54 Å². The molecule has 1 aliphatic rings. The lowest BCUT2D eigenvalue weighted by molar-refractivity contribution is 0.127. The largest absolute Gasteiger partial charge is 0.508 e. The number of fused-ring (bicyclic) bond motifs is 1. The molecule has 3 N–H and O–H groups in total. The number of H-pyrrole nitrogens is 1. The van der Waals surface area contributed by atoms with Gasteiger partial charge in [0.1, 0.15) is 17.1 Å². The molecule has 0 aliphatic carbocycles. The Bertz CT molecular complexity index is 1260. The molecule has 0 radical (unpaired) electrons. The van der Waals surface area contributed by atoms with Crippen LogP contribution in [0.2, 0.25) is 0 Å². The number of rotatable bonds is 6. The number of likely N-dealkylation sites (tertiary alicyclic amines) is 1. The summed E-state index contributed by atoms with van der Waals surface area (Å²) < 4.78 is 5.55. The van der Waals surface area contributed by atoms with Gasteiger partial charge < -0.3 is 19.9 Å². The maximum Gasteiger partial charge on any atom is 0.137 e. The highest BCUT2D eigenvalue weighted by molar-refractivity contribution is 5.97. The first-order valence-electron chi connectivity index (χ1n) is 11.4. The van der Waals surface area contributed by atoms with E-state index in [0.29, 0.717) is 11.7 Å². The van der Waals surface area contributed by atoms with E-state index in [0.717, 1.165) is 77.1 Å². The van der Waals surface area contributed by atoms with Gasteiger partial charge in [-0.1, -0.05) is 30.3 Å². The first-order chi connectivity index (χ1) is 16.2. The van der Waals surface area contributed by atoms with Gasteiger partial charge in [-0.2, -0.15) is 0 Å². The number of piperidine rings is 1. The number of pyridine rings is 1. The van der Waals surface area contributed by atoms with Crippen molar-refractivity contribution in [1.29, 1.82) is 0 Å². The highest BCUT2D eigenvalue weighted by Crippen LogP contribution is 2.36. The standard InChI is InChI=1S/C27H29N3O3/c1-33-26-5-3-2-4-22(26)24-15-29-27-23(24)12-21(14-28-27)19-6-7-20(25(32)13-19)16-30-10-8-18(17-31)9-11-30/h2-7,12-15,18,31-32H,8-11,16-17H2,1H3,(H,28,29). The third-order valence-electron chi connectivity index (χ3n) is 6.71. The second-order valence-electron chi connectivity index (χ2n) is 8.77. The Morgan fingerprint density at radius 2 is 1.88 bits per heavy atom. The fourth-order valence-corrected chi connectivity index (χ4v) is 4.70. The lowest BCUT2D eigenvalue weighted by Crippen LogP contribution is -2.34. The fraction of sp³-hybridized carbons (Fsp3) is 0.296. The minimum atomic E-state index is 0.270. The number of aromatic amines is 1. The molecule has 1 saturated heterocycles. The van der Waals surface area contributed by atoms with Gasteiger partial charge in [0.2, 0.25) is 0 Å². The Balaban J connectivity index is 1.42. The summed E-state index contributed by atoms with van der Waals surface area (Å²) in [4.78, 5) is 10.2. The zero-order valence-electron chi connectivity index (χ0n) is 18.8. The highest BCUT2D eigenvalue weighted by Gasteiger charge is 2.19. The molecule has 0 unspecified atom stereocenters. The highest BCUT2D eigenvalue weighted by atomic mass is 16.5. The summed E-state index contributed by atoms with van der Waals surface area (Å²) in [6.45, 7) is 2.89. The molecule has 0 saturated carbocycles. The minimum Gasteiger partial charge on any atom is -0.508 e. The molecule has 0 bridgehead atoms. The summed E-state index contributed by atoms with van der Waals surface area (Å²) in [7, 11) is 1.68. The number of methoxy groups -OCH3 is 1. The average molecular weight is 444 g/mol. The topological polar surface area (TPSA) is 81.6 Å². The first-order valence-corrected chi connectivity index (χ1v) is 11.4.